The first kappa shape index (κ1) is 28.3. The number of hydrogen-bond acceptors (Lipinski definition) is 4. The topological polar surface area (TPSA) is 38.1 Å². The van der Waals surface area contributed by atoms with Crippen LogP contribution in [0, 0.1) is 11.6 Å². The third kappa shape index (κ3) is 6.35. The molecule has 1 unspecified atom stereocenters. The van der Waals surface area contributed by atoms with Gasteiger partial charge in [0.1, 0.15) is 11.6 Å². The third-order valence-electron chi connectivity index (χ3n) is 7.43. The third-order valence-corrected chi connectivity index (χ3v) is 8.95. The van der Waals surface area contributed by atoms with Crippen LogP contribution in [0.25, 0.3) is 0 Å². The fraction of sp³-hybridized carbons (Fsp3) is 0.517. The molecule has 36 heavy (non-hydrogen) atoms. The van der Waals surface area contributed by atoms with Gasteiger partial charge in [-0.1, -0.05) is 50.9 Å². The van der Waals surface area contributed by atoms with Crippen molar-refractivity contribution in [3.05, 3.63) is 87.6 Å². The van der Waals surface area contributed by atoms with Gasteiger partial charge >= 0.3 is 0 Å². The number of allylic oxidation sites excluding steroid dienone is 3. The van der Waals surface area contributed by atoms with Crippen LogP contribution in [-0.4, -0.2) is 25.1 Å². The molecular formula is C29H39F2N3OS. The van der Waals surface area contributed by atoms with Crippen LogP contribution in [0.1, 0.15) is 77.8 Å². The van der Waals surface area contributed by atoms with E-state index in [0.29, 0.717) is 35.8 Å². The van der Waals surface area contributed by atoms with Crippen LogP contribution in [0.5, 0.6) is 0 Å². The summed E-state index contributed by atoms with van der Waals surface area (Å²) >= 11 is 1.74. The van der Waals surface area contributed by atoms with Crippen molar-refractivity contribution < 1.29 is 8.78 Å². The van der Waals surface area contributed by atoms with Gasteiger partial charge in [-0.05, 0) is 69.2 Å². The summed E-state index contributed by atoms with van der Waals surface area (Å²) in [5, 5.41) is 0.316. The van der Waals surface area contributed by atoms with Crippen LogP contribution in [-0.2, 0) is 18.5 Å². The standard InChI is InChI=1S/C29H39F2N3OS/c1-6-10-22(11-7-2)27-13-12-21(5)34(36-27)19-23-16-26(31)24(17-25(23)30)29(8-3,9-4)20-33-15-14-32-18-28(33)35/h6,10-11,14-18,21,27H,7-9,12-13,19-20H2,1-5H3/b10-6-,22-11+/t21-,27?/m0/s1. The maximum Gasteiger partial charge on any atom is 0.269 e. The summed E-state index contributed by atoms with van der Waals surface area (Å²) in [4.78, 5) is 16.2. The van der Waals surface area contributed by atoms with Crippen LogP contribution < -0.4 is 5.56 Å². The molecule has 1 aliphatic rings. The Morgan fingerprint density at radius 2 is 1.94 bits per heavy atom. The zero-order valence-corrected chi connectivity index (χ0v) is 23.0. The van der Waals surface area contributed by atoms with E-state index in [4.69, 9.17) is 0 Å². The van der Waals surface area contributed by atoms with E-state index < -0.39 is 17.0 Å². The minimum Gasteiger partial charge on any atom is -0.312 e. The van der Waals surface area contributed by atoms with Crippen molar-refractivity contribution in [3.8, 4) is 0 Å². The monoisotopic (exact) mass is 515 g/mol. The van der Waals surface area contributed by atoms with Crippen LogP contribution in [0.3, 0.4) is 0 Å². The first-order valence-corrected chi connectivity index (χ1v) is 13.9. The SMILES string of the molecule is C/C=C\C(=C/CC)C1CC[C@H](C)N(Cc2cc(F)c(C(CC)(CC)Cn3ccncc3=O)cc2F)S1. The van der Waals surface area contributed by atoms with Gasteiger partial charge in [0.05, 0.1) is 6.20 Å². The second-order valence-corrected chi connectivity index (χ2v) is 10.9. The molecule has 196 valence electrons. The van der Waals surface area contributed by atoms with Crippen molar-refractivity contribution >= 4 is 11.9 Å². The van der Waals surface area contributed by atoms with Gasteiger partial charge in [0.15, 0.2) is 0 Å². The van der Waals surface area contributed by atoms with E-state index in [1.54, 1.807) is 24.3 Å². The summed E-state index contributed by atoms with van der Waals surface area (Å²) in [6.45, 7) is 10.8. The van der Waals surface area contributed by atoms with Gasteiger partial charge in [0, 0.05) is 47.8 Å². The molecule has 4 nitrogen and oxygen atoms in total. The highest BCUT2D eigenvalue weighted by molar-refractivity contribution is 7.97. The molecular weight excluding hydrogens is 476 g/mol. The van der Waals surface area contributed by atoms with Crippen molar-refractivity contribution in [2.75, 3.05) is 0 Å². The van der Waals surface area contributed by atoms with Crippen molar-refractivity contribution in [2.24, 2.45) is 0 Å². The Morgan fingerprint density at radius 3 is 2.58 bits per heavy atom. The summed E-state index contributed by atoms with van der Waals surface area (Å²) in [7, 11) is 0. The largest absolute Gasteiger partial charge is 0.312 e. The first-order valence-electron chi connectivity index (χ1n) is 13.0. The molecule has 0 amide bonds. The molecule has 2 atom stereocenters. The number of aromatic nitrogens is 2. The molecule has 0 bridgehead atoms. The van der Waals surface area contributed by atoms with Gasteiger partial charge in [-0.2, -0.15) is 0 Å². The molecule has 2 aromatic rings. The molecule has 1 aliphatic heterocycles. The number of hydrogen-bond donors (Lipinski definition) is 0. The van der Waals surface area contributed by atoms with Gasteiger partial charge < -0.3 is 4.57 Å². The summed E-state index contributed by atoms with van der Waals surface area (Å²) in [6.07, 6.45) is 15.1. The van der Waals surface area contributed by atoms with E-state index in [2.05, 4.69) is 41.4 Å². The van der Waals surface area contributed by atoms with Crippen molar-refractivity contribution in [2.45, 2.75) is 96.5 Å². The second-order valence-electron chi connectivity index (χ2n) is 9.66. The van der Waals surface area contributed by atoms with Crippen molar-refractivity contribution in [3.63, 3.8) is 0 Å². The molecule has 0 aliphatic carbocycles. The van der Waals surface area contributed by atoms with Crippen LogP contribution in [0.2, 0.25) is 0 Å². The van der Waals surface area contributed by atoms with Gasteiger partial charge in [0.25, 0.3) is 5.56 Å². The lowest BCUT2D eigenvalue weighted by Crippen LogP contribution is -2.36. The van der Waals surface area contributed by atoms with E-state index >= 15 is 8.78 Å². The first-order chi connectivity index (χ1) is 17.3. The molecule has 7 heteroatoms. The normalized spacial score (nSPS) is 19.8. The molecule has 2 heterocycles. The lowest BCUT2D eigenvalue weighted by atomic mass is 9.75. The quantitative estimate of drug-likeness (QED) is 0.248. The zero-order chi connectivity index (χ0) is 26.3. The van der Waals surface area contributed by atoms with Crippen LogP contribution in [0.4, 0.5) is 8.78 Å². The van der Waals surface area contributed by atoms with Gasteiger partial charge in [-0.25, -0.2) is 13.1 Å². The zero-order valence-electron chi connectivity index (χ0n) is 22.1. The van der Waals surface area contributed by atoms with E-state index in [-0.39, 0.29) is 18.1 Å². The minimum atomic E-state index is -0.695. The van der Waals surface area contributed by atoms with E-state index in [9.17, 15) is 4.79 Å². The Balaban J connectivity index is 1.89. The smallest absolute Gasteiger partial charge is 0.269 e. The summed E-state index contributed by atoms with van der Waals surface area (Å²) in [6, 6.07) is 3.00. The van der Waals surface area contributed by atoms with E-state index in [1.165, 1.54) is 28.5 Å². The molecule has 3 rings (SSSR count). The molecule has 0 N–H and O–H groups in total. The molecule has 1 fully saturated rings. The van der Waals surface area contributed by atoms with E-state index in [0.717, 1.165) is 19.3 Å². The number of benzene rings is 1. The van der Waals surface area contributed by atoms with Crippen LogP contribution in [0.15, 0.2) is 59.3 Å². The van der Waals surface area contributed by atoms with Crippen LogP contribution >= 0.6 is 11.9 Å². The predicted molar refractivity (Wildman–Crippen MR) is 146 cm³/mol. The molecule has 1 aromatic heterocycles. The summed E-state index contributed by atoms with van der Waals surface area (Å²) < 4.78 is 34.9. The summed E-state index contributed by atoms with van der Waals surface area (Å²) in [5.74, 6) is -0.809. The maximum absolute atomic E-state index is 15.6. The predicted octanol–water partition coefficient (Wildman–Crippen LogP) is 7.19. The Kier molecular flexibility index (Phi) is 10.1. The average Bonchev–Trinajstić information content (AvgIpc) is 2.87. The van der Waals surface area contributed by atoms with Gasteiger partial charge in [-0.15, -0.1) is 0 Å². The summed E-state index contributed by atoms with van der Waals surface area (Å²) in [5.41, 5.74) is 1.05. The fourth-order valence-corrected chi connectivity index (χ4v) is 6.46. The minimum absolute atomic E-state index is 0.249. The van der Waals surface area contributed by atoms with Crippen molar-refractivity contribution in [1.29, 1.82) is 0 Å². The highest BCUT2D eigenvalue weighted by Crippen LogP contribution is 2.39. The molecule has 0 spiro atoms. The number of rotatable bonds is 10. The van der Waals surface area contributed by atoms with Gasteiger partial charge in [-0.3, -0.25) is 9.78 Å². The number of halogens is 2. The van der Waals surface area contributed by atoms with E-state index in [1.807, 2.05) is 20.8 Å². The molecule has 0 saturated carbocycles. The van der Waals surface area contributed by atoms with Crippen molar-refractivity contribution in [1.82, 2.24) is 13.9 Å². The lowest BCUT2D eigenvalue weighted by Gasteiger charge is -2.38. The molecule has 0 radical (unpaired) electrons. The second kappa shape index (κ2) is 12.8. The maximum atomic E-state index is 15.6. The average molecular weight is 516 g/mol. The molecule has 1 aromatic carbocycles. The highest BCUT2D eigenvalue weighted by Gasteiger charge is 2.34. The Hall–Kier alpha value is -2.25. The van der Waals surface area contributed by atoms with Gasteiger partial charge in [0.2, 0.25) is 0 Å². The number of nitrogens with zero attached hydrogens (tertiary/aromatic N) is 3. The highest BCUT2D eigenvalue weighted by atomic mass is 32.2. The lowest BCUT2D eigenvalue weighted by molar-refractivity contribution is 0.311. The Bertz CT molecular complexity index is 1140. The fourth-order valence-electron chi connectivity index (χ4n) is 5.07. The Labute approximate surface area is 218 Å². The molecule has 1 saturated heterocycles. The Morgan fingerprint density at radius 1 is 1.19 bits per heavy atom.